The smallest absolute Gasteiger partial charge is 0.269 e. The van der Waals surface area contributed by atoms with Crippen molar-refractivity contribution in [3.05, 3.63) is 92.7 Å². The maximum Gasteiger partial charge on any atom is 0.269 e. The molecular formula is C25H31N5O2S. The second kappa shape index (κ2) is 14.0. The molecule has 1 aliphatic heterocycles. The fourth-order valence-corrected chi connectivity index (χ4v) is 4.30. The van der Waals surface area contributed by atoms with Crippen molar-refractivity contribution in [3.63, 3.8) is 0 Å². The first-order chi connectivity index (χ1) is 16.1. The van der Waals surface area contributed by atoms with E-state index in [0.29, 0.717) is 6.54 Å². The van der Waals surface area contributed by atoms with E-state index < -0.39 is 0 Å². The van der Waals surface area contributed by atoms with Gasteiger partial charge in [-0.2, -0.15) is 0 Å². The summed E-state index contributed by atoms with van der Waals surface area (Å²) in [6.45, 7) is 9.23. The molecule has 0 atom stereocenters. The molecule has 0 radical (unpaired) electrons. The van der Waals surface area contributed by atoms with Gasteiger partial charge in [0.2, 0.25) is 0 Å². The summed E-state index contributed by atoms with van der Waals surface area (Å²) in [6, 6.07) is 13.2. The number of nitrogens with zero attached hydrogens (tertiary/aromatic N) is 4. The van der Waals surface area contributed by atoms with Crippen LogP contribution in [0, 0.1) is 10.1 Å². The Labute approximate surface area is 200 Å². The van der Waals surface area contributed by atoms with E-state index >= 15 is 0 Å². The number of thioether (sulfide) groups is 1. The van der Waals surface area contributed by atoms with E-state index in [9.17, 15) is 10.1 Å². The largest absolute Gasteiger partial charge is 0.405 e. The Morgan fingerprint density at radius 3 is 2.67 bits per heavy atom. The SMILES string of the molecule is C=N/C=C(/Cc1ccc(N=C/C=C\N)cc1)SCN1CCc2ccc([N+](=O)[O-])cc2C1.CC. The van der Waals surface area contributed by atoms with Crippen LogP contribution < -0.4 is 5.73 Å². The number of rotatable bonds is 9. The van der Waals surface area contributed by atoms with Crippen molar-refractivity contribution in [3.8, 4) is 0 Å². The first-order valence-electron chi connectivity index (χ1n) is 10.8. The van der Waals surface area contributed by atoms with Crippen LogP contribution >= 0.6 is 11.8 Å². The van der Waals surface area contributed by atoms with Crippen LogP contribution in [0.2, 0.25) is 0 Å². The van der Waals surface area contributed by atoms with Crippen molar-refractivity contribution in [2.75, 3.05) is 12.4 Å². The quantitative estimate of drug-likeness (QED) is 0.294. The van der Waals surface area contributed by atoms with Crippen LogP contribution in [0.1, 0.15) is 30.5 Å². The average molecular weight is 466 g/mol. The minimum Gasteiger partial charge on any atom is -0.405 e. The van der Waals surface area contributed by atoms with E-state index in [2.05, 4.69) is 21.6 Å². The molecule has 1 aliphatic rings. The zero-order valence-electron chi connectivity index (χ0n) is 19.2. The zero-order valence-corrected chi connectivity index (χ0v) is 20.0. The molecule has 2 N–H and O–H groups in total. The highest BCUT2D eigenvalue weighted by molar-refractivity contribution is 8.03. The number of allylic oxidation sites excluding steroid dienone is 2. The maximum atomic E-state index is 11.1. The van der Waals surface area contributed by atoms with Crippen LogP contribution in [0.5, 0.6) is 0 Å². The first-order valence-corrected chi connectivity index (χ1v) is 11.8. The molecule has 2 aromatic rings. The molecule has 33 heavy (non-hydrogen) atoms. The number of benzene rings is 2. The summed E-state index contributed by atoms with van der Waals surface area (Å²) in [5.41, 5.74) is 9.71. The number of fused-ring (bicyclic) bond motifs is 1. The van der Waals surface area contributed by atoms with Crippen LogP contribution in [0.3, 0.4) is 0 Å². The van der Waals surface area contributed by atoms with Gasteiger partial charge in [-0.3, -0.25) is 25.0 Å². The predicted molar refractivity (Wildman–Crippen MR) is 140 cm³/mol. The van der Waals surface area contributed by atoms with E-state index in [1.807, 2.05) is 44.2 Å². The molecule has 0 bridgehead atoms. The molecule has 0 aliphatic carbocycles. The maximum absolute atomic E-state index is 11.1. The van der Waals surface area contributed by atoms with Gasteiger partial charge in [0.1, 0.15) is 0 Å². The van der Waals surface area contributed by atoms with Crippen LogP contribution in [-0.2, 0) is 19.4 Å². The summed E-state index contributed by atoms with van der Waals surface area (Å²) >= 11 is 1.72. The van der Waals surface area contributed by atoms with Crippen LogP contribution in [0.25, 0.3) is 0 Å². The van der Waals surface area contributed by atoms with E-state index in [1.165, 1.54) is 11.8 Å². The second-order valence-electron chi connectivity index (χ2n) is 7.07. The van der Waals surface area contributed by atoms with E-state index in [0.717, 1.165) is 47.0 Å². The van der Waals surface area contributed by atoms with Gasteiger partial charge in [-0.25, -0.2) is 0 Å². The molecule has 0 fully saturated rings. The number of nitro benzene ring substituents is 1. The van der Waals surface area contributed by atoms with Crippen molar-refractivity contribution in [2.45, 2.75) is 33.2 Å². The second-order valence-corrected chi connectivity index (χ2v) is 8.14. The lowest BCUT2D eigenvalue weighted by atomic mass is 9.99. The van der Waals surface area contributed by atoms with Crippen molar-refractivity contribution in [1.82, 2.24) is 4.90 Å². The van der Waals surface area contributed by atoms with Gasteiger partial charge in [0.05, 0.1) is 10.6 Å². The third-order valence-corrected chi connectivity index (χ3v) is 6.01. The number of nitro groups is 1. The topological polar surface area (TPSA) is 97.1 Å². The van der Waals surface area contributed by atoms with Gasteiger partial charge < -0.3 is 5.73 Å². The van der Waals surface area contributed by atoms with Gasteiger partial charge in [-0.1, -0.05) is 32.0 Å². The molecule has 1 heterocycles. The lowest BCUT2D eigenvalue weighted by molar-refractivity contribution is -0.385. The number of hydrogen-bond donors (Lipinski definition) is 1. The Morgan fingerprint density at radius 1 is 1.24 bits per heavy atom. The van der Waals surface area contributed by atoms with E-state index in [-0.39, 0.29) is 10.6 Å². The Bertz CT molecular complexity index is 1020. The van der Waals surface area contributed by atoms with Gasteiger partial charge in [-0.05, 0) is 54.2 Å². The van der Waals surface area contributed by atoms with Gasteiger partial charge in [-0.15, -0.1) is 11.8 Å². The summed E-state index contributed by atoms with van der Waals surface area (Å²) < 4.78 is 0. The molecule has 2 aromatic carbocycles. The monoisotopic (exact) mass is 465 g/mol. The Kier molecular flexibility index (Phi) is 11.1. The third-order valence-electron chi connectivity index (χ3n) is 4.90. The summed E-state index contributed by atoms with van der Waals surface area (Å²) in [7, 11) is 0. The highest BCUT2D eigenvalue weighted by atomic mass is 32.2. The normalized spacial score (nSPS) is 14.1. The Morgan fingerprint density at radius 2 is 2.00 bits per heavy atom. The molecule has 0 saturated carbocycles. The molecule has 7 nitrogen and oxygen atoms in total. The number of nitrogens with two attached hydrogens (primary N) is 1. The summed E-state index contributed by atoms with van der Waals surface area (Å²) in [5, 5.41) is 11.1. The molecule has 3 rings (SSSR count). The van der Waals surface area contributed by atoms with Gasteiger partial charge >= 0.3 is 0 Å². The number of non-ortho nitro benzene ring substituents is 1. The molecule has 0 amide bonds. The molecule has 0 unspecified atom stereocenters. The van der Waals surface area contributed by atoms with Crippen molar-refractivity contribution in [2.24, 2.45) is 15.7 Å². The van der Waals surface area contributed by atoms with Crippen LogP contribution in [0.4, 0.5) is 11.4 Å². The van der Waals surface area contributed by atoms with Gasteiger partial charge in [0.15, 0.2) is 0 Å². The summed E-state index contributed by atoms with van der Waals surface area (Å²) in [4.78, 5) is 22.4. The van der Waals surface area contributed by atoms with Crippen molar-refractivity contribution in [1.29, 1.82) is 0 Å². The fraction of sp³-hybridized carbons (Fsp3) is 0.280. The predicted octanol–water partition coefficient (Wildman–Crippen LogP) is 5.63. The molecule has 174 valence electrons. The van der Waals surface area contributed by atoms with Crippen LogP contribution in [-0.4, -0.2) is 35.2 Å². The molecule has 0 spiro atoms. The summed E-state index contributed by atoms with van der Waals surface area (Å²) in [5.74, 6) is 0.789. The highest BCUT2D eigenvalue weighted by Gasteiger charge is 2.19. The Balaban J connectivity index is 0.00000187. The minimum atomic E-state index is -0.337. The summed E-state index contributed by atoms with van der Waals surface area (Å²) in [6.07, 6.45) is 8.23. The highest BCUT2D eigenvalue weighted by Crippen LogP contribution is 2.28. The molecular weight excluding hydrogens is 434 g/mol. The lowest BCUT2D eigenvalue weighted by Crippen LogP contribution is -2.30. The van der Waals surface area contributed by atoms with Crippen molar-refractivity contribution < 1.29 is 4.92 Å². The lowest BCUT2D eigenvalue weighted by Gasteiger charge is -2.28. The standard InChI is InChI=1S/C23H25N5O2S.C2H6/c1-25-15-23(13-18-3-6-21(7-4-18)26-11-2-10-24)31-17-27-12-9-19-5-8-22(28(29)30)14-20(19)16-27;1-2/h2-8,10-11,14-15H,1,9,12-13,16-17,24H2;1-2H3/b10-2-,23-15-,26-11?;. The zero-order chi connectivity index (χ0) is 24.1. The fourth-order valence-electron chi connectivity index (χ4n) is 3.32. The molecule has 0 aromatic heterocycles. The van der Waals surface area contributed by atoms with Gasteiger partial charge in [0.25, 0.3) is 5.69 Å². The number of hydrogen-bond acceptors (Lipinski definition) is 7. The molecule has 8 heteroatoms. The number of aliphatic imine (C=N–C) groups is 2. The first kappa shape index (κ1) is 26.0. The van der Waals surface area contributed by atoms with Crippen LogP contribution in [0.15, 0.2) is 75.8 Å². The molecule has 0 saturated heterocycles. The minimum absolute atomic E-state index is 0.150. The third kappa shape index (κ3) is 8.32. The van der Waals surface area contributed by atoms with E-state index in [1.54, 1.807) is 42.4 Å². The average Bonchev–Trinajstić information content (AvgIpc) is 2.84. The van der Waals surface area contributed by atoms with E-state index in [4.69, 9.17) is 5.73 Å². The van der Waals surface area contributed by atoms with Gasteiger partial charge in [0, 0.05) is 54.8 Å². The van der Waals surface area contributed by atoms with Crippen molar-refractivity contribution >= 4 is 36.1 Å². The Hall–Kier alpha value is -3.23.